The summed E-state index contributed by atoms with van der Waals surface area (Å²) in [6.07, 6.45) is 0.298. The van der Waals surface area contributed by atoms with Crippen LogP contribution >= 0.6 is 11.8 Å². The number of hydrogen-bond donors (Lipinski definition) is 1. The Balaban J connectivity index is 2.05. The number of nitrogens with two attached hydrogens (primary N) is 1. The van der Waals surface area contributed by atoms with Crippen LogP contribution in [0.2, 0.25) is 0 Å². The average Bonchev–Trinajstić information content (AvgIpc) is 2.33. The normalized spacial score (nSPS) is 24.4. The minimum Gasteiger partial charge on any atom is -0.398 e. The van der Waals surface area contributed by atoms with Crippen LogP contribution in [0, 0.1) is 5.92 Å². The molecular formula is C14H18F3NS. The molecule has 0 saturated heterocycles. The minimum atomic E-state index is -4.32. The Labute approximate surface area is 115 Å². The molecule has 5 heteroatoms. The molecule has 1 fully saturated rings. The Bertz CT molecular complexity index is 437. The van der Waals surface area contributed by atoms with E-state index >= 15 is 0 Å². The van der Waals surface area contributed by atoms with Gasteiger partial charge in [0.2, 0.25) is 0 Å². The SMILES string of the molecule is CC1CCC(Sc2ccc(C(F)(F)F)cc2N)CC1. The van der Waals surface area contributed by atoms with E-state index in [4.69, 9.17) is 5.73 Å². The molecule has 0 unspecified atom stereocenters. The van der Waals surface area contributed by atoms with Crippen LogP contribution in [0.3, 0.4) is 0 Å². The molecule has 0 radical (unpaired) electrons. The number of anilines is 1. The van der Waals surface area contributed by atoms with Gasteiger partial charge >= 0.3 is 6.18 Å². The van der Waals surface area contributed by atoms with E-state index in [0.29, 0.717) is 5.25 Å². The molecule has 1 saturated carbocycles. The van der Waals surface area contributed by atoms with Gasteiger partial charge in [0.25, 0.3) is 0 Å². The van der Waals surface area contributed by atoms with Crippen molar-refractivity contribution in [2.75, 3.05) is 5.73 Å². The Morgan fingerprint density at radius 1 is 1.16 bits per heavy atom. The molecule has 0 bridgehead atoms. The molecule has 106 valence electrons. The molecule has 0 atom stereocenters. The first kappa shape index (κ1) is 14.6. The summed E-state index contributed by atoms with van der Waals surface area (Å²) in [4.78, 5) is 0.771. The zero-order valence-corrected chi connectivity index (χ0v) is 11.7. The summed E-state index contributed by atoms with van der Waals surface area (Å²) in [6, 6.07) is 3.65. The van der Waals surface area contributed by atoms with Crippen molar-refractivity contribution in [2.45, 2.75) is 48.9 Å². The van der Waals surface area contributed by atoms with Gasteiger partial charge in [0, 0.05) is 15.8 Å². The molecule has 0 aliphatic heterocycles. The van der Waals surface area contributed by atoms with Crippen molar-refractivity contribution >= 4 is 17.4 Å². The summed E-state index contributed by atoms with van der Waals surface area (Å²) >= 11 is 1.62. The van der Waals surface area contributed by atoms with Crippen LogP contribution in [0.15, 0.2) is 23.1 Å². The van der Waals surface area contributed by atoms with Crippen molar-refractivity contribution in [2.24, 2.45) is 5.92 Å². The Morgan fingerprint density at radius 2 is 1.79 bits per heavy atom. The van der Waals surface area contributed by atoms with E-state index in [1.54, 1.807) is 11.8 Å². The first-order valence-electron chi connectivity index (χ1n) is 6.49. The van der Waals surface area contributed by atoms with E-state index < -0.39 is 11.7 Å². The second-order valence-electron chi connectivity index (χ2n) is 5.25. The topological polar surface area (TPSA) is 26.0 Å². The van der Waals surface area contributed by atoms with Crippen LogP contribution in [0.5, 0.6) is 0 Å². The zero-order chi connectivity index (χ0) is 14.0. The number of alkyl halides is 3. The standard InChI is InChI=1S/C14H18F3NS/c1-9-2-5-11(6-3-9)19-13-7-4-10(8-12(13)18)14(15,16)17/h4,7-9,11H,2-3,5-6,18H2,1H3. The molecule has 1 aromatic carbocycles. The van der Waals surface area contributed by atoms with E-state index in [0.717, 1.165) is 35.8 Å². The van der Waals surface area contributed by atoms with Crippen LogP contribution in [-0.4, -0.2) is 5.25 Å². The van der Waals surface area contributed by atoms with Crippen LogP contribution in [-0.2, 0) is 6.18 Å². The Kier molecular flexibility index (Phi) is 4.33. The smallest absolute Gasteiger partial charge is 0.398 e. The second-order valence-corrected chi connectivity index (χ2v) is 6.59. The third kappa shape index (κ3) is 3.81. The van der Waals surface area contributed by atoms with Crippen molar-refractivity contribution < 1.29 is 13.2 Å². The van der Waals surface area contributed by atoms with Crippen molar-refractivity contribution in [1.29, 1.82) is 0 Å². The van der Waals surface area contributed by atoms with Gasteiger partial charge in [-0.3, -0.25) is 0 Å². The number of benzene rings is 1. The summed E-state index contributed by atoms with van der Waals surface area (Å²) in [5.41, 5.74) is 5.30. The van der Waals surface area contributed by atoms with Crippen molar-refractivity contribution in [1.82, 2.24) is 0 Å². The molecular weight excluding hydrogens is 271 g/mol. The van der Waals surface area contributed by atoms with Crippen LogP contribution in [0.4, 0.5) is 18.9 Å². The van der Waals surface area contributed by atoms with Gasteiger partial charge in [0.15, 0.2) is 0 Å². The predicted molar refractivity (Wildman–Crippen MR) is 73.1 cm³/mol. The quantitative estimate of drug-likeness (QED) is 0.779. The third-order valence-corrected chi connectivity index (χ3v) is 5.02. The summed E-state index contributed by atoms with van der Waals surface area (Å²) in [6.45, 7) is 2.24. The van der Waals surface area contributed by atoms with Gasteiger partial charge in [0.05, 0.1) is 5.56 Å². The number of rotatable bonds is 2. The molecule has 1 nitrogen and oxygen atoms in total. The predicted octanol–water partition coefficient (Wildman–Crippen LogP) is 4.96. The third-order valence-electron chi connectivity index (χ3n) is 3.59. The molecule has 2 rings (SSSR count). The summed E-state index contributed by atoms with van der Waals surface area (Å²) < 4.78 is 37.6. The summed E-state index contributed by atoms with van der Waals surface area (Å²) in [5.74, 6) is 0.766. The largest absolute Gasteiger partial charge is 0.416 e. The molecule has 1 aromatic rings. The number of thioether (sulfide) groups is 1. The van der Waals surface area contributed by atoms with Crippen molar-refractivity contribution in [3.05, 3.63) is 23.8 Å². The van der Waals surface area contributed by atoms with E-state index in [-0.39, 0.29) is 5.69 Å². The van der Waals surface area contributed by atoms with Crippen molar-refractivity contribution in [3.8, 4) is 0 Å². The zero-order valence-electron chi connectivity index (χ0n) is 10.8. The lowest BCUT2D eigenvalue weighted by Gasteiger charge is -2.26. The van der Waals surface area contributed by atoms with Crippen LogP contribution in [0.1, 0.15) is 38.2 Å². The lowest BCUT2D eigenvalue weighted by molar-refractivity contribution is -0.137. The fraction of sp³-hybridized carbons (Fsp3) is 0.571. The van der Waals surface area contributed by atoms with E-state index in [2.05, 4.69) is 6.92 Å². The maximum absolute atomic E-state index is 12.5. The molecule has 1 aliphatic rings. The van der Waals surface area contributed by atoms with Crippen LogP contribution < -0.4 is 5.73 Å². The minimum absolute atomic E-state index is 0.235. The second kappa shape index (κ2) is 5.65. The van der Waals surface area contributed by atoms with Gasteiger partial charge < -0.3 is 5.73 Å². The number of hydrogen-bond acceptors (Lipinski definition) is 2. The highest BCUT2D eigenvalue weighted by atomic mass is 32.2. The summed E-state index contributed by atoms with van der Waals surface area (Å²) in [5, 5.41) is 0.482. The van der Waals surface area contributed by atoms with Gasteiger partial charge in [-0.2, -0.15) is 13.2 Å². The van der Waals surface area contributed by atoms with E-state index in [1.165, 1.54) is 18.9 Å². The van der Waals surface area contributed by atoms with E-state index in [9.17, 15) is 13.2 Å². The fourth-order valence-electron chi connectivity index (χ4n) is 2.36. The maximum Gasteiger partial charge on any atom is 0.416 e. The summed E-state index contributed by atoms with van der Waals surface area (Å²) in [7, 11) is 0. The van der Waals surface area contributed by atoms with Gasteiger partial charge in [-0.05, 0) is 49.8 Å². The first-order chi connectivity index (χ1) is 8.86. The van der Waals surface area contributed by atoms with Gasteiger partial charge in [-0.15, -0.1) is 11.8 Å². The highest BCUT2D eigenvalue weighted by molar-refractivity contribution is 8.00. The van der Waals surface area contributed by atoms with Gasteiger partial charge in [-0.1, -0.05) is 6.92 Å². The molecule has 2 N–H and O–H groups in total. The molecule has 19 heavy (non-hydrogen) atoms. The fourth-order valence-corrected chi connectivity index (χ4v) is 3.57. The molecule has 0 amide bonds. The molecule has 0 aromatic heterocycles. The average molecular weight is 289 g/mol. The number of nitrogen functional groups attached to an aromatic ring is 1. The molecule has 0 heterocycles. The lowest BCUT2D eigenvalue weighted by Crippen LogP contribution is -2.14. The van der Waals surface area contributed by atoms with Gasteiger partial charge in [-0.25, -0.2) is 0 Å². The molecule has 0 spiro atoms. The first-order valence-corrected chi connectivity index (χ1v) is 7.37. The Hall–Kier alpha value is -0.840. The Morgan fingerprint density at radius 3 is 2.32 bits per heavy atom. The maximum atomic E-state index is 12.5. The van der Waals surface area contributed by atoms with Crippen molar-refractivity contribution in [3.63, 3.8) is 0 Å². The highest BCUT2D eigenvalue weighted by Crippen LogP contribution is 2.40. The molecule has 1 aliphatic carbocycles. The monoisotopic (exact) mass is 289 g/mol. The lowest BCUT2D eigenvalue weighted by atomic mass is 9.91. The number of halogens is 3. The van der Waals surface area contributed by atoms with Crippen LogP contribution in [0.25, 0.3) is 0 Å². The van der Waals surface area contributed by atoms with E-state index in [1.807, 2.05) is 0 Å². The van der Waals surface area contributed by atoms with Gasteiger partial charge in [0.1, 0.15) is 0 Å². The highest BCUT2D eigenvalue weighted by Gasteiger charge is 2.31.